The molecule has 1 heterocycles. The van der Waals surface area contributed by atoms with Gasteiger partial charge in [-0.3, -0.25) is 9.78 Å². The molecule has 0 radical (unpaired) electrons. The summed E-state index contributed by atoms with van der Waals surface area (Å²) in [5.41, 5.74) is -1.49. The minimum atomic E-state index is -1.82. The molecule has 0 amide bonds. The van der Waals surface area contributed by atoms with Crippen LogP contribution in [0.5, 0.6) is 0 Å². The molecule has 1 aromatic rings. The fourth-order valence-electron chi connectivity index (χ4n) is 1.09. The van der Waals surface area contributed by atoms with Crippen LogP contribution in [0.3, 0.4) is 0 Å². The largest absolute Gasteiger partial charge is 0.481 e. The van der Waals surface area contributed by atoms with Crippen molar-refractivity contribution in [1.82, 2.24) is 4.98 Å². The molecule has 70 valence electrons. The lowest BCUT2D eigenvalue weighted by atomic mass is 9.96. The molecule has 1 rings (SSSR count). The van der Waals surface area contributed by atoms with Gasteiger partial charge in [0.25, 0.3) is 0 Å². The highest BCUT2D eigenvalue weighted by atomic mass is 19.1. The van der Waals surface area contributed by atoms with Crippen LogP contribution in [0.2, 0.25) is 0 Å². The van der Waals surface area contributed by atoms with Crippen LogP contribution >= 0.6 is 0 Å². The zero-order chi connectivity index (χ0) is 9.90. The Balaban J connectivity index is 2.87. The fourth-order valence-corrected chi connectivity index (χ4v) is 1.09. The SMILES string of the molecule is CC(F)(CC(=O)O)c1ccncc1. The predicted octanol–water partition coefficient (Wildman–Crippen LogP) is 1.74. The molecule has 3 nitrogen and oxygen atoms in total. The molecule has 0 saturated heterocycles. The van der Waals surface area contributed by atoms with Crippen LogP contribution in [0, 0.1) is 0 Å². The molecular formula is C9H10FNO2. The van der Waals surface area contributed by atoms with Crippen LogP contribution < -0.4 is 0 Å². The average Bonchev–Trinajstić information content (AvgIpc) is 2.04. The number of nitrogens with zero attached hydrogens (tertiary/aromatic N) is 1. The second kappa shape index (κ2) is 3.51. The number of rotatable bonds is 3. The second-order valence-electron chi connectivity index (χ2n) is 3.00. The Labute approximate surface area is 75.2 Å². The summed E-state index contributed by atoms with van der Waals surface area (Å²) in [6, 6.07) is 2.95. The van der Waals surface area contributed by atoms with E-state index < -0.39 is 18.1 Å². The summed E-state index contributed by atoms with van der Waals surface area (Å²) in [5, 5.41) is 8.45. The van der Waals surface area contributed by atoms with E-state index in [2.05, 4.69) is 4.98 Å². The van der Waals surface area contributed by atoms with Gasteiger partial charge in [-0.1, -0.05) is 0 Å². The number of halogens is 1. The van der Waals surface area contributed by atoms with Crippen LogP contribution in [0.1, 0.15) is 18.9 Å². The lowest BCUT2D eigenvalue weighted by molar-refractivity contribution is -0.140. The normalized spacial score (nSPS) is 14.9. The van der Waals surface area contributed by atoms with Crippen molar-refractivity contribution < 1.29 is 14.3 Å². The van der Waals surface area contributed by atoms with Crippen LogP contribution in [-0.2, 0) is 10.5 Å². The molecule has 0 saturated carbocycles. The van der Waals surface area contributed by atoms with E-state index >= 15 is 0 Å². The van der Waals surface area contributed by atoms with Gasteiger partial charge in [-0.05, 0) is 24.6 Å². The second-order valence-corrected chi connectivity index (χ2v) is 3.00. The number of carboxylic acids is 1. The smallest absolute Gasteiger partial charge is 0.306 e. The number of aliphatic carboxylic acids is 1. The van der Waals surface area contributed by atoms with Crippen LogP contribution in [0.15, 0.2) is 24.5 Å². The van der Waals surface area contributed by atoms with E-state index in [4.69, 9.17) is 5.11 Å². The van der Waals surface area contributed by atoms with Gasteiger partial charge < -0.3 is 5.11 Å². The van der Waals surface area contributed by atoms with E-state index in [0.29, 0.717) is 5.56 Å². The predicted molar refractivity (Wildman–Crippen MR) is 44.9 cm³/mol. The third-order valence-electron chi connectivity index (χ3n) is 1.77. The van der Waals surface area contributed by atoms with Crippen molar-refractivity contribution in [1.29, 1.82) is 0 Å². The quantitative estimate of drug-likeness (QED) is 0.776. The molecule has 0 fully saturated rings. The number of hydrogen-bond donors (Lipinski definition) is 1. The molecule has 4 heteroatoms. The Kier molecular flexibility index (Phi) is 2.60. The fraction of sp³-hybridized carbons (Fsp3) is 0.333. The van der Waals surface area contributed by atoms with Crippen molar-refractivity contribution in [3.05, 3.63) is 30.1 Å². The van der Waals surface area contributed by atoms with Gasteiger partial charge in [0.2, 0.25) is 0 Å². The van der Waals surface area contributed by atoms with Crippen LogP contribution in [0.4, 0.5) is 4.39 Å². The summed E-state index contributed by atoms with van der Waals surface area (Å²) in [7, 11) is 0. The van der Waals surface area contributed by atoms with Crippen molar-refractivity contribution in [2.75, 3.05) is 0 Å². The topological polar surface area (TPSA) is 50.2 Å². The first-order valence-corrected chi connectivity index (χ1v) is 3.83. The lowest BCUT2D eigenvalue weighted by Crippen LogP contribution is -2.19. The average molecular weight is 183 g/mol. The lowest BCUT2D eigenvalue weighted by Gasteiger charge is -2.17. The molecular weight excluding hydrogens is 173 g/mol. The van der Waals surface area contributed by atoms with Crippen LogP contribution in [-0.4, -0.2) is 16.1 Å². The number of pyridine rings is 1. The van der Waals surface area contributed by atoms with Gasteiger partial charge in [-0.15, -0.1) is 0 Å². The van der Waals surface area contributed by atoms with Gasteiger partial charge in [-0.2, -0.15) is 0 Å². The monoisotopic (exact) mass is 183 g/mol. The van der Waals surface area contributed by atoms with Gasteiger partial charge in [0, 0.05) is 12.4 Å². The molecule has 1 aromatic heterocycles. The third-order valence-corrected chi connectivity index (χ3v) is 1.77. The highest BCUT2D eigenvalue weighted by Gasteiger charge is 2.28. The van der Waals surface area contributed by atoms with Gasteiger partial charge in [-0.25, -0.2) is 4.39 Å². The first-order valence-electron chi connectivity index (χ1n) is 3.83. The molecule has 0 spiro atoms. The number of carboxylic acid groups (broad SMARTS) is 1. The Morgan fingerprint density at radius 3 is 2.62 bits per heavy atom. The van der Waals surface area contributed by atoms with E-state index in [1.54, 1.807) is 0 Å². The van der Waals surface area contributed by atoms with E-state index in [9.17, 15) is 9.18 Å². The first-order chi connectivity index (χ1) is 6.02. The highest BCUT2D eigenvalue weighted by Crippen LogP contribution is 2.28. The molecule has 1 atom stereocenters. The van der Waals surface area contributed by atoms with Gasteiger partial charge in [0.05, 0.1) is 6.42 Å². The maximum Gasteiger partial charge on any atom is 0.306 e. The number of aromatic nitrogens is 1. The minimum absolute atomic E-state index is 0.338. The summed E-state index contributed by atoms with van der Waals surface area (Å²) < 4.78 is 13.7. The highest BCUT2D eigenvalue weighted by molar-refractivity contribution is 5.68. The summed E-state index contributed by atoms with van der Waals surface area (Å²) in [5.74, 6) is -1.15. The summed E-state index contributed by atoms with van der Waals surface area (Å²) in [4.78, 5) is 14.1. The Morgan fingerprint density at radius 1 is 1.62 bits per heavy atom. The summed E-state index contributed by atoms with van der Waals surface area (Å²) in [6.45, 7) is 1.25. The summed E-state index contributed by atoms with van der Waals surface area (Å²) >= 11 is 0. The van der Waals surface area contributed by atoms with Crippen molar-refractivity contribution in [2.45, 2.75) is 19.0 Å². The number of carbonyl (C=O) groups is 1. The molecule has 1 unspecified atom stereocenters. The van der Waals surface area contributed by atoms with E-state index in [1.807, 2.05) is 0 Å². The third kappa shape index (κ3) is 2.50. The van der Waals surface area contributed by atoms with E-state index in [-0.39, 0.29) is 0 Å². The number of alkyl halides is 1. The molecule has 1 N–H and O–H groups in total. The van der Waals surface area contributed by atoms with Crippen molar-refractivity contribution in [2.24, 2.45) is 0 Å². The van der Waals surface area contributed by atoms with E-state index in [0.717, 1.165) is 0 Å². The van der Waals surface area contributed by atoms with Gasteiger partial charge >= 0.3 is 5.97 Å². The molecule has 0 aliphatic heterocycles. The van der Waals surface area contributed by atoms with Crippen molar-refractivity contribution >= 4 is 5.97 Å². The molecule has 13 heavy (non-hydrogen) atoms. The summed E-state index contributed by atoms with van der Waals surface area (Å²) in [6.07, 6.45) is 2.35. The minimum Gasteiger partial charge on any atom is -0.481 e. The first kappa shape index (κ1) is 9.64. The Bertz CT molecular complexity index is 298. The zero-order valence-corrected chi connectivity index (χ0v) is 7.20. The van der Waals surface area contributed by atoms with Gasteiger partial charge in [0.1, 0.15) is 5.67 Å². The zero-order valence-electron chi connectivity index (χ0n) is 7.20. The molecule has 0 bridgehead atoms. The van der Waals surface area contributed by atoms with Crippen LogP contribution in [0.25, 0.3) is 0 Å². The molecule has 0 aliphatic rings. The Hall–Kier alpha value is -1.45. The molecule has 0 aromatic carbocycles. The maximum absolute atomic E-state index is 13.7. The number of hydrogen-bond acceptors (Lipinski definition) is 2. The van der Waals surface area contributed by atoms with Crippen molar-refractivity contribution in [3.8, 4) is 0 Å². The van der Waals surface area contributed by atoms with Gasteiger partial charge in [0.15, 0.2) is 0 Å². The standard InChI is InChI=1S/C9H10FNO2/c1-9(10,6-8(12)13)7-2-4-11-5-3-7/h2-5H,6H2,1H3,(H,12,13). The van der Waals surface area contributed by atoms with Crippen molar-refractivity contribution in [3.63, 3.8) is 0 Å². The molecule has 0 aliphatic carbocycles. The Morgan fingerprint density at radius 2 is 2.15 bits per heavy atom. The van der Waals surface area contributed by atoms with E-state index in [1.165, 1.54) is 31.5 Å². The maximum atomic E-state index is 13.7.